The molecule has 0 aliphatic heterocycles. The standard InChI is InChI=1S/C21H25N3O6S/c1-15(25)23-17-8-10-18(11-9-17)31(28,29)22-13-12-20(26)24-19(21(27)30-2)14-16-6-4-3-5-7-16/h3-11,19,22H,12-14H2,1-2H3,(H,23,25)(H,24,26)/t19-/m0/s1. The summed E-state index contributed by atoms with van der Waals surface area (Å²) in [5.74, 6) is -1.34. The highest BCUT2D eigenvalue weighted by Crippen LogP contribution is 2.14. The van der Waals surface area contributed by atoms with E-state index < -0.39 is 27.9 Å². The minimum atomic E-state index is -3.83. The van der Waals surface area contributed by atoms with Crippen LogP contribution in [0.25, 0.3) is 0 Å². The van der Waals surface area contributed by atoms with Gasteiger partial charge in [-0.1, -0.05) is 30.3 Å². The highest BCUT2D eigenvalue weighted by atomic mass is 32.2. The Morgan fingerprint density at radius 2 is 1.65 bits per heavy atom. The lowest BCUT2D eigenvalue weighted by Gasteiger charge is -2.17. The van der Waals surface area contributed by atoms with Crippen LogP contribution < -0.4 is 15.4 Å². The van der Waals surface area contributed by atoms with Crippen molar-refractivity contribution in [3.8, 4) is 0 Å². The fraction of sp³-hybridized carbons (Fsp3) is 0.286. The van der Waals surface area contributed by atoms with Crippen LogP contribution in [0.2, 0.25) is 0 Å². The van der Waals surface area contributed by atoms with Crippen LogP contribution in [0.5, 0.6) is 0 Å². The average Bonchev–Trinajstić information content (AvgIpc) is 2.73. The zero-order chi connectivity index (χ0) is 22.9. The van der Waals surface area contributed by atoms with Gasteiger partial charge in [-0.15, -0.1) is 0 Å². The van der Waals surface area contributed by atoms with Crippen molar-refractivity contribution in [2.75, 3.05) is 19.0 Å². The number of sulfonamides is 1. The molecule has 0 saturated heterocycles. The molecule has 166 valence electrons. The van der Waals surface area contributed by atoms with Gasteiger partial charge in [0.15, 0.2) is 0 Å². The second-order valence-electron chi connectivity index (χ2n) is 6.69. The molecule has 2 aromatic carbocycles. The van der Waals surface area contributed by atoms with E-state index in [0.29, 0.717) is 5.69 Å². The number of hydrogen-bond donors (Lipinski definition) is 3. The third-order valence-corrected chi connectivity index (χ3v) is 5.71. The van der Waals surface area contributed by atoms with Crippen molar-refractivity contribution in [1.29, 1.82) is 0 Å². The topological polar surface area (TPSA) is 131 Å². The number of methoxy groups -OCH3 is 1. The minimum Gasteiger partial charge on any atom is -0.467 e. The van der Waals surface area contributed by atoms with Crippen molar-refractivity contribution in [2.24, 2.45) is 0 Å². The second kappa shape index (κ2) is 11.2. The number of esters is 1. The van der Waals surface area contributed by atoms with Crippen molar-refractivity contribution in [1.82, 2.24) is 10.0 Å². The van der Waals surface area contributed by atoms with Gasteiger partial charge >= 0.3 is 5.97 Å². The summed E-state index contributed by atoms with van der Waals surface area (Å²) in [6.45, 7) is 1.20. The average molecular weight is 448 g/mol. The number of carbonyl (C=O) groups excluding carboxylic acids is 3. The summed E-state index contributed by atoms with van der Waals surface area (Å²) in [6, 6.07) is 13.9. The van der Waals surface area contributed by atoms with Gasteiger partial charge < -0.3 is 15.4 Å². The molecule has 0 fully saturated rings. The van der Waals surface area contributed by atoms with E-state index in [1.165, 1.54) is 38.3 Å². The Labute approximate surface area is 181 Å². The molecule has 0 aliphatic carbocycles. The molecule has 0 spiro atoms. The van der Waals surface area contributed by atoms with Crippen LogP contribution in [0.1, 0.15) is 18.9 Å². The minimum absolute atomic E-state index is 0.00137. The predicted molar refractivity (Wildman–Crippen MR) is 115 cm³/mol. The molecule has 0 bridgehead atoms. The molecule has 31 heavy (non-hydrogen) atoms. The summed E-state index contributed by atoms with van der Waals surface area (Å²) in [5, 5.41) is 5.13. The lowest BCUT2D eigenvalue weighted by Crippen LogP contribution is -2.44. The number of carbonyl (C=O) groups is 3. The molecule has 0 aliphatic rings. The SMILES string of the molecule is COC(=O)[C@H](Cc1ccccc1)NC(=O)CCNS(=O)(=O)c1ccc(NC(C)=O)cc1. The van der Waals surface area contributed by atoms with Gasteiger partial charge in [-0.2, -0.15) is 0 Å². The molecular formula is C21H25N3O6S. The smallest absolute Gasteiger partial charge is 0.328 e. The fourth-order valence-corrected chi connectivity index (χ4v) is 3.79. The maximum atomic E-state index is 12.4. The molecule has 0 unspecified atom stereocenters. The lowest BCUT2D eigenvalue weighted by molar-refractivity contribution is -0.145. The van der Waals surface area contributed by atoms with E-state index in [1.54, 1.807) is 0 Å². The van der Waals surface area contributed by atoms with Crippen molar-refractivity contribution in [3.63, 3.8) is 0 Å². The molecule has 9 nitrogen and oxygen atoms in total. The first kappa shape index (κ1) is 24.0. The largest absolute Gasteiger partial charge is 0.467 e. The van der Waals surface area contributed by atoms with Crippen LogP contribution in [-0.2, 0) is 35.6 Å². The van der Waals surface area contributed by atoms with Gasteiger partial charge in [0.25, 0.3) is 0 Å². The molecule has 3 N–H and O–H groups in total. The number of hydrogen-bond acceptors (Lipinski definition) is 6. The van der Waals surface area contributed by atoms with Crippen molar-refractivity contribution in [2.45, 2.75) is 30.7 Å². The summed E-state index contributed by atoms with van der Waals surface area (Å²) in [4.78, 5) is 35.3. The van der Waals surface area contributed by atoms with E-state index in [9.17, 15) is 22.8 Å². The van der Waals surface area contributed by atoms with E-state index in [2.05, 4.69) is 15.4 Å². The van der Waals surface area contributed by atoms with E-state index in [1.807, 2.05) is 30.3 Å². The van der Waals surface area contributed by atoms with Crippen molar-refractivity contribution < 1.29 is 27.5 Å². The van der Waals surface area contributed by atoms with Crippen molar-refractivity contribution in [3.05, 3.63) is 60.2 Å². The van der Waals surface area contributed by atoms with E-state index in [4.69, 9.17) is 4.74 Å². The van der Waals surface area contributed by atoms with Crippen LogP contribution in [-0.4, -0.2) is 45.9 Å². The molecule has 0 saturated carbocycles. The van der Waals surface area contributed by atoms with Crippen LogP contribution in [0.15, 0.2) is 59.5 Å². The van der Waals surface area contributed by atoms with Gasteiger partial charge in [-0.05, 0) is 29.8 Å². The quantitative estimate of drug-likeness (QED) is 0.470. The van der Waals surface area contributed by atoms with Gasteiger partial charge in [0.1, 0.15) is 6.04 Å². The van der Waals surface area contributed by atoms with Gasteiger partial charge in [-0.25, -0.2) is 17.9 Å². The number of rotatable bonds is 10. The van der Waals surface area contributed by atoms with Crippen LogP contribution in [0.4, 0.5) is 5.69 Å². The molecule has 0 heterocycles. The number of ether oxygens (including phenoxy) is 1. The molecule has 2 amide bonds. The fourth-order valence-electron chi connectivity index (χ4n) is 2.75. The van der Waals surface area contributed by atoms with Gasteiger partial charge in [0.05, 0.1) is 12.0 Å². The highest BCUT2D eigenvalue weighted by molar-refractivity contribution is 7.89. The second-order valence-corrected chi connectivity index (χ2v) is 8.45. The van der Waals surface area contributed by atoms with Crippen LogP contribution in [0, 0.1) is 0 Å². The normalized spacial score (nSPS) is 11.9. The number of nitrogens with one attached hydrogen (secondary N) is 3. The Hall–Kier alpha value is -3.24. The van der Waals surface area contributed by atoms with E-state index in [-0.39, 0.29) is 30.2 Å². The van der Waals surface area contributed by atoms with E-state index in [0.717, 1.165) is 5.56 Å². The monoisotopic (exact) mass is 447 g/mol. The Kier molecular flexibility index (Phi) is 8.71. The number of anilines is 1. The first-order valence-electron chi connectivity index (χ1n) is 9.49. The molecule has 2 rings (SSSR count). The zero-order valence-corrected chi connectivity index (χ0v) is 18.1. The molecule has 0 radical (unpaired) electrons. The lowest BCUT2D eigenvalue weighted by atomic mass is 10.1. The predicted octanol–water partition coefficient (Wildman–Crippen LogP) is 1.21. The third-order valence-electron chi connectivity index (χ3n) is 4.23. The zero-order valence-electron chi connectivity index (χ0n) is 17.3. The molecule has 1 atom stereocenters. The summed E-state index contributed by atoms with van der Waals surface area (Å²) >= 11 is 0. The Morgan fingerprint density at radius 3 is 2.23 bits per heavy atom. The first-order chi connectivity index (χ1) is 14.7. The maximum Gasteiger partial charge on any atom is 0.328 e. The molecule has 0 aromatic heterocycles. The molecule has 2 aromatic rings. The van der Waals surface area contributed by atoms with Crippen LogP contribution in [0.3, 0.4) is 0 Å². The summed E-state index contributed by atoms with van der Waals surface area (Å²) in [6.07, 6.45) is 0.0944. The van der Waals surface area contributed by atoms with E-state index >= 15 is 0 Å². The van der Waals surface area contributed by atoms with Crippen LogP contribution >= 0.6 is 0 Å². The highest BCUT2D eigenvalue weighted by Gasteiger charge is 2.22. The number of amides is 2. The third kappa shape index (κ3) is 7.83. The van der Waals surface area contributed by atoms with Gasteiger partial charge in [-0.3, -0.25) is 9.59 Å². The van der Waals surface area contributed by atoms with Crippen molar-refractivity contribution >= 4 is 33.5 Å². The maximum absolute atomic E-state index is 12.4. The number of benzene rings is 2. The molecule has 10 heteroatoms. The Morgan fingerprint density at radius 1 is 1.00 bits per heavy atom. The Bertz CT molecular complexity index is 1010. The summed E-state index contributed by atoms with van der Waals surface area (Å²) in [5.41, 5.74) is 1.32. The summed E-state index contributed by atoms with van der Waals surface area (Å²) < 4.78 is 31.8. The van der Waals surface area contributed by atoms with Gasteiger partial charge in [0, 0.05) is 32.0 Å². The first-order valence-corrected chi connectivity index (χ1v) is 11.0. The summed E-state index contributed by atoms with van der Waals surface area (Å²) in [7, 11) is -2.60. The van der Waals surface area contributed by atoms with Gasteiger partial charge in [0.2, 0.25) is 21.8 Å². The molecular weight excluding hydrogens is 422 g/mol. The Balaban J connectivity index is 1.90.